The van der Waals surface area contributed by atoms with E-state index in [4.69, 9.17) is 0 Å². The third kappa shape index (κ3) is 4.75. The van der Waals surface area contributed by atoms with Gasteiger partial charge in [-0.15, -0.1) is 0 Å². The number of fused-ring (bicyclic) bond motifs is 2. The number of benzene rings is 4. The molecule has 2 aliphatic rings. The number of likely N-dealkylation sites (tertiary alicyclic amines) is 1. The summed E-state index contributed by atoms with van der Waals surface area (Å²) in [6, 6.07) is 29.1. The molecule has 1 fully saturated rings. The van der Waals surface area contributed by atoms with E-state index < -0.39 is 0 Å². The van der Waals surface area contributed by atoms with E-state index in [9.17, 15) is 9.18 Å². The fraction of sp³-hybridized carbons (Fsp3) is 0.219. The van der Waals surface area contributed by atoms with Crippen LogP contribution in [0.2, 0.25) is 0 Å². The van der Waals surface area contributed by atoms with Crippen LogP contribution in [0.5, 0.6) is 0 Å². The first kappa shape index (κ1) is 23.4. The van der Waals surface area contributed by atoms with Gasteiger partial charge in [-0.2, -0.15) is 0 Å². The summed E-state index contributed by atoms with van der Waals surface area (Å²) in [4.78, 5) is 18.0. The molecule has 0 bridgehead atoms. The van der Waals surface area contributed by atoms with Crippen LogP contribution >= 0.6 is 0 Å². The van der Waals surface area contributed by atoms with Gasteiger partial charge in [0.25, 0.3) is 5.91 Å². The first-order chi connectivity index (χ1) is 18.0. The maximum atomic E-state index is 14.3. The predicted molar refractivity (Wildman–Crippen MR) is 148 cm³/mol. The number of hydrogen-bond donors (Lipinski definition) is 1. The van der Waals surface area contributed by atoms with Gasteiger partial charge < -0.3 is 15.1 Å². The molecule has 4 aromatic carbocycles. The van der Waals surface area contributed by atoms with Crippen LogP contribution < -0.4 is 10.2 Å². The Labute approximate surface area is 217 Å². The molecule has 0 aliphatic carbocycles. The van der Waals surface area contributed by atoms with Crippen LogP contribution in [0.1, 0.15) is 40.2 Å². The van der Waals surface area contributed by atoms with E-state index in [0.717, 1.165) is 35.5 Å². The van der Waals surface area contributed by atoms with Gasteiger partial charge in [-0.25, -0.2) is 4.39 Å². The fourth-order valence-corrected chi connectivity index (χ4v) is 5.46. The Morgan fingerprint density at radius 3 is 2.30 bits per heavy atom. The van der Waals surface area contributed by atoms with Crippen LogP contribution in [0, 0.1) is 5.82 Å². The van der Waals surface area contributed by atoms with Crippen LogP contribution in [0.4, 0.5) is 21.5 Å². The Balaban J connectivity index is 1.34. The SMILES string of the molecule is CN1CCC(c2ccc(-c3ccc4c(c3)C(=O)N(Cc3ccccc3)c3cc(F)ccc3N4)cc2)CC1. The highest BCUT2D eigenvalue weighted by molar-refractivity contribution is 6.14. The van der Waals surface area contributed by atoms with Gasteiger partial charge in [0.05, 0.1) is 29.2 Å². The quantitative estimate of drug-likeness (QED) is 0.328. The second kappa shape index (κ2) is 9.83. The highest BCUT2D eigenvalue weighted by atomic mass is 19.1. The molecule has 1 saturated heterocycles. The normalized spacial score (nSPS) is 16.1. The highest BCUT2D eigenvalue weighted by Gasteiger charge is 2.28. The molecule has 0 saturated carbocycles. The number of nitrogens with one attached hydrogen (secondary N) is 1. The molecule has 1 N–H and O–H groups in total. The Hall–Kier alpha value is -3.96. The van der Waals surface area contributed by atoms with Gasteiger partial charge in [0, 0.05) is 0 Å². The summed E-state index contributed by atoms with van der Waals surface area (Å²) < 4.78 is 14.3. The van der Waals surface area contributed by atoms with E-state index in [1.54, 1.807) is 11.0 Å². The Morgan fingerprint density at radius 2 is 1.54 bits per heavy atom. The van der Waals surface area contributed by atoms with Crippen molar-refractivity contribution in [3.8, 4) is 11.1 Å². The third-order valence-corrected chi connectivity index (χ3v) is 7.63. The summed E-state index contributed by atoms with van der Waals surface area (Å²) in [6.45, 7) is 2.63. The Kier molecular flexibility index (Phi) is 6.23. The smallest absolute Gasteiger partial charge is 0.260 e. The molecule has 0 spiro atoms. The first-order valence-corrected chi connectivity index (χ1v) is 12.9. The number of halogens is 1. The lowest BCUT2D eigenvalue weighted by Gasteiger charge is -2.29. The number of carbonyl (C=O) groups is 1. The standard InChI is InChI=1S/C32H30FN3O/c1-35-17-15-25(16-18-35)23-7-9-24(10-8-23)26-11-13-29-28(19-26)32(37)36(21-22-5-3-2-4-6-22)31-20-27(33)12-14-30(31)34-29/h2-14,19-20,25,34H,15-18,21H2,1H3. The van der Waals surface area contributed by atoms with Crippen LogP contribution in [0.15, 0.2) is 91.0 Å². The minimum absolute atomic E-state index is 0.152. The highest BCUT2D eigenvalue weighted by Crippen LogP contribution is 2.39. The Bertz CT molecular complexity index is 1430. The lowest BCUT2D eigenvalue weighted by atomic mass is 9.88. The second-order valence-electron chi connectivity index (χ2n) is 10.1. The molecule has 0 aromatic heterocycles. The van der Waals surface area contributed by atoms with Crippen molar-refractivity contribution in [1.82, 2.24) is 4.90 Å². The predicted octanol–water partition coefficient (Wildman–Crippen LogP) is 7.21. The summed E-state index contributed by atoms with van der Waals surface area (Å²) >= 11 is 0. The van der Waals surface area contributed by atoms with Gasteiger partial charge in [0.2, 0.25) is 0 Å². The zero-order chi connectivity index (χ0) is 25.4. The molecule has 2 aliphatic heterocycles. The molecule has 0 unspecified atom stereocenters. The lowest BCUT2D eigenvalue weighted by molar-refractivity contribution is 0.0986. The summed E-state index contributed by atoms with van der Waals surface area (Å²) in [5.74, 6) is 0.0803. The number of anilines is 3. The average Bonchev–Trinajstić information content (AvgIpc) is 3.04. The molecule has 0 atom stereocenters. The summed E-state index contributed by atoms with van der Waals surface area (Å²) in [7, 11) is 2.18. The number of hydrogen-bond acceptors (Lipinski definition) is 3. The number of nitrogens with zero attached hydrogens (tertiary/aromatic N) is 2. The van der Waals surface area contributed by atoms with Crippen LogP contribution in [-0.4, -0.2) is 30.9 Å². The monoisotopic (exact) mass is 491 g/mol. The molecule has 5 heteroatoms. The van der Waals surface area contributed by atoms with Crippen LogP contribution in [-0.2, 0) is 6.54 Å². The van der Waals surface area contributed by atoms with Gasteiger partial charge in [-0.05, 0) is 91.5 Å². The molecule has 1 amide bonds. The van der Waals surface area contributed by atoms with Gasteiger partial charge in [-0.3, -0.25) is 4.79 Å². The maximum absolute atomic E-state index is 14.3. The van der Waals surface area contributed by atoms with Crippen molar-refractivity contribution >= 4 is 23.0 Å². The zero-order valence-corrected chi connectivity index (χ0v) is 21.0. The van der Waals surface area contributed by atoms with Gasteiger partial charge in [0.1, 0.15) is 5.82 Å². The van der Waals surface area contributed by atoms with Gasteiger partial charge >= 0.3 is 0 Å². The van der Waals surface area contributed by atoms with E-state index in [1.165, 1.54) is 30.5 Å². The Morgan fingerprint density at radius 1 is 0.838 bits per heavy atom. The first-order valence-electron chi connectivity index (χ1n) is 12.9. The van der Waals surface area contributed by atoms with Crippen molar-refractivity contribution in [1.29, 1.82) is 0 Å². The molecular formula is C32H30FN3O. The molecule has 4 aromatic rings. The minimum Gasteiger partial charge on any atom is -0.353 e. The summed E-state index contributed by atoms with van der Waals surface area (Å²) in [5.41, 5.74) is 6.97. The van der Waals surface area contributed by atoms with Crippen molar-refractivity contribution in [2.24, 2.45) is 0 Å². The van der Waals surface area contributed by atoms with Crippen LogP contribution in [0.25, 0.3) is 11.1 Å². The van der Waals surface area contributed by atoms with E-state index in [1.807, 2.05) is 48.5 Å². The van der Waals surface area contributed by atoms with Crippen molar-refractivity contribution < 1.29 is 9.18 Å². The van der Waals surface area contributed by atoms with Gasteiger partial charge in [-0.1, -0.05) is 60.7 Å². The molecule has 4 nitrogen and oxygen atoms in total. The topological polar surface area (TPSA) is 35.6 Å². The largest absolute Gasteiger partial charge is 0.353 e. The van der Waals surface area contributed by atoms with Crippen LogP contribution in [0.3, 0.4) is 0 Å². The number of piperidine rings is 1. The minimum atomic E-state index is -0.372. The number of rotatable bonds is 4. The molecule has 186 valence electrons. The molecular weight excluding hydrogens is 461 g/mol. The third-order valence-electron chi connectivity index (χ3n) is 7.63. The van der Waals surface area contributed by atoms with Crippen molar-refractivity contribution in [2.45, 2.75) is 25.3 Å². The van der Waals surface area contributed by atoms with Crippen molar-refractivity contribution in [3.05, 3.63) is 114 Å². The molecule has 2 heterocycles. The van der Waals surface area contributed by atoms with Crippen molar-refractivity contribution in [3.63, 3.8) is 0 Å². The number of carbonyl (C=O) groups excluding carboxylic acids is 1. The zero-order valence-electron chi connectivity index (χ0n) is 21.0. The molecule has 37 heavy (non-hydrogen) atoms. The van der Waals surface area contributed by atoms with E-state index in [0.29, 0.717) is 29.4 Å². The second-order valence-corrected chi connectivity index (χ2v) is 10.1. The van der Waals surface area contributed by atoms with Gasteiger partial charge in [0.15, 0.2) is 0 Å². The van der Waals surface area contributed by atoms with Crippen molar-refractivity contribution in [2.75, 3.05) is 30.4 Å². The summed E-state index contributed by atoms with van der Waals surface area (Å²) in [6.07, 6.45) is 2.38. The maximum Gasteiger partial charge on any atom is 0.260 e. The lowest BCUT2D eigenvalue weighted by Crippen LogP contribution is -2.30. The summed E-state index contributed by atoms with van der Waals surface area (Å²) in [5, 5.41) is 3.38. The van der Waals surface area contributed by atoms with E-state index in [-0.39, 0.29) is 11.7 Å². The fourth-order valence-electron chi connectivity index (χ4n) is 5.46. The molecule has 0 radical (unpaired) electrons. The average molecular weight is 492 g/mol. The van der Waals surface area contributed by atoms with E-state index >= 15 is 0 Å². The number of amides is 1. The molecule has 6 rings (SSSR count). The van der Waals surface area contributed by atoms with E-state index in [2.05, 4.69) is 41.5 Å².